The van der Waals surface area contributed by atoms with Crippen LogP contribution in [-0.2, 0) is 0 Å². The third-order valence-electron chi connectivity index (χ3n) is 4.44. The standard InChI is InChI=1S/C21H13F3N2OS/c1-26(14-8-10-15(11-9-14)27-21(22,23)24)18-7-3-6-17-16-5-2-4-13(12-25)19(16)28-20(17)18/h2-11H,1H3. The number of ether oxygens (including phenoxy) is 1. The average Bonchev–Trinajstić information content (AvgIpc) is 3.05. The second kappa shape index (κ2) is 6.73. The highest BCUT2D eigenvalue weighted by molar-refractivity contribution is 7.26. The van der Waals surface area contributed by atoms with E-state index in [2.05, 4.69) is 10.8 Å². The molecule has 3 aromatic carbocycles. The van der Waals surface area contributed by atoms with Crippen LogP contribution in [0.1, 0.15) is 5.56 Å². The molecule has 0 atom stereocenters. The van der Waals surface area contributed by atoms with E-state index in [9.17, 15) is 18.4 Å². The topological polar surface area (TPSA) is 36.3 Å². The Hall–Kier alpha value is -3.24. The third kappa shape index (κ3) is 3.23. The van der Waals surface area contributed by atoms with E-state index in [1.54, 1.807) is 18.2 Å². The first-order chi connectivity index (χ1) is 13.4. The number of rotatable bonds is 3. The molecule has 0 radical (unpaired) electrons. The Labute approximate surface area is 162 Å². The lowest BCUT2D eigenvalue weighted by atomic mass is 10.1. The molecule has 0 saturated heterocycles. The normalized spacial score (nSPS) is 11.5. The predicted molar refractivity (Wildman–Crippen MR) is 105 cm³/mol. The van der Waals surface area contributed by atoms with Crippen LogP contribution in [0.4, 0.5) is 24.5 Å². The van der Waals surface area contributed by atoms with Crippen molar-refractivity contribution in [1.82, 2.24) is 0 Å². The Balaban J connectivity index is 1.77. The van der Waals surface area contributed by atoms with E-state index in [1.807, 2.05) is 42.3 Å². The van der Waals surface area contributed by atoms with Crippen LogP contribution in [0.15, 0.2) is 60.7 Å². The maximum atomic E-state index is 12.3. The molecule has 4 aromatic rings. The Bertz CT molecular complexity index is 1210. The van der Waals surface area contributed by atoms with Gasteiger partial charge in [0, 0.05) is 23.5 Å². The molecule has 0 spiro atoms. The summed E-state index contributed by atoms with van der Waals surface area (Å²) in [7, 11) is 1.85. The number of nitriles is 1. The van der Waals surface area contributed by atoms with Crippen LogP contribution in [0, 0.1) is 11.3 Å². The van der Waals surface area contributed by atoms with Gasteiger partial charge in [-0.2, -0.15) is 5.26 Å². The molecule has 28 heavy (non-hydrogen) atoms. The lowest BCUT2D eigenvalue weighted by molar-refractivity contribution is -0.274. The van der Waals surface area contributed by atoms with Crippen molar-refractivity contribution in [3.8, 4) is 11.8 Å². The molecule has 140 valence electrons. The number of fused-ring (bicyclic) bond motifs is 3. The Morgan fingerprint density at radius 2 is 1.57 bits per heavy atom. The predicted octanol–water partition coefficient (Wildman–Crippen LogP) is 6.59. The summed E-state index contributed by atoms with van der Waals surface area (Å²) in [5, 5.41) is 11.4. The first-order valence-electron chi connectivity index (χ1n) is 8.31. The zero-order valence-electron chi connectivity index (χ0n) is 14.6. The molecule has 0 unspecified atom stereocenters. The highest BCUT2D eigenvalue weighted by Crippen LogP contribution is 2.42. The van der Waals surface area contributed by atoms with Crippen molar-refractivity contribution in [2.24, 2.45) is 0 Å². The highest BCUT2D eigenvalue weighted by atomic mass is 32.1. The molecule has 1 aromatic heterocycles. The molecule has 7 heteroatoms. The SMILES string of the molecule is CN(c1ccc(OC(F)(F)F)cc1)c1cccc2c1sc1c(C#N)cccc12. The minimum Gasteiger partial charge on any atom is -0.406 e. The van der Waals surface area contributed by atoms with Crippen molar-refractivity contribution in [1.29, 1.82) is 5.26 Å². The van der Waals surface area contributed by atoms with Crippen LogP contribution in [0.3, 0.4) is 0 Å². The van der Waals surface area contributed by atoms with Gasteiger partial charge in [-0.05, 0) is 36.4 Å². The van der Waals surface area contributed by atoms with Gasteiger partial charge in [0.05, 0.1) is 20.7 Å². The second-order valence-electron chi connectivity index (χ2n) is 6.15. The molecule has 0 bridgehead atoms. The van der Waals surface area contributed by atoms with E-state index in [0.29, 0.717) is 5.56 Å². The van der Waals surface area contributed by atoms with Crippen LogP contribution in [-0.4, -0.2) is 13.4 Å². The van der Waals surface area contributed by atoms with Crippen LogP contribution in [0.2, 0.25) is 0 Å². The summed E-state index contributed by atoms with van der Waals surface area (Å²) in [6.07, 6.45) is -4.71. The van der Waals surface area contributed by atoms with E-state index in [4.69, 9.17) is 0 Å². The van der Waals surface area contributed by atoms with Crippen LogP contribution < -0.4 is 9.64 Å². The van der Waals surface area contributed by atoms with Crippen molar-refractivity contribution < 1.29 is 17.9 Å². The van der Waals surface area contributed by atoms with Gasteiger partial charge in [0.25, 0.3) is 0 Å². The van der Waals surface area contributed by atoms with Gasteiger partial charge in [0.2, 0.25) is 0 Å². The van der Waals surface area contributed by atoms with Crippen molar-refractivity contribution in [2.45, 2.75) is 6.36 Å². The maximum Gasteiger partial charge on any atom is 0.573 e. The molecule has 0 amide bonds. The number of anilines is 2. The quantitative estimate of drug-likeness (QED) is 0.390. The number of nitrogens with zero attached hydrogens (tertiary/aromatic N) is 2. The molecule has 0 fully saturated rings. The first kappa shape index (κ1) is 18.1. The second-order valence-corrected chi connectivity index (χ2v) is 7.17. The van der Waals surface area contributed by atoms with Gasteiger partial charge in [0.15, 0.2) is 0 Å². The van der Waals surface area contributed by atoms with Crippen molar-refractivity contribution >= 4 is 42.9 Å². The minimum absolute atomic E-state index is 0.261. The molecular weight excluding hydrogens is 385 g/mol. The number of hydrogen-bond acceptors (Lipinski definition) is 4. The first-order valence-corrected chi connectivity index (χ1v) is 9.13. The van der Waals surface area contributed by atoms with Crippen molar-refractivity contribution in [3.63, 3.8) is 0 Å². The number of alkyl halides is 3. The zero-order chi connectivity index (χ0) is 19.9. The van der Waals surface area contributed by atoms with Gasteiger partial charge in [0.1, 0.15) is 11.8 Å². The maximum absolute atomic E-state index is 12.3. The van der Waals surface area contributed by atoms with Gasteiger partial charge in [-0.1, -0.05) is 24.3 Å². The summed E-state index contributed by atoms with van der Waals surface area (Å²) in [6, 6.07) is 19.5. The summed E-state index contributed by atoms with van der Waals surface area (Å²) < 4.78 is 42.9. The average molecular weight is 398 g/mol. The molecule has 0 aliphatic rings. The Kier molecular flexibility index (Phi) is 4.36. The number of thiophene rings is 1. The summed E-state index contributed by atoms with van der Waals surface area (Å²) in [5.74, 6) is -0.261. The van der Waals surface area contributed by atoms with E-state index in [1.165, 1.54) is 23.5 Å². The molecule has 0 aliphatic carbocycles. The summed E-state index contributed by atoms with van der Waals surface area (Å²) in [5.41, 5.74) is 2.26. The number of hydrogen-bond donors (Lipinski definition) is 0. The molecule has 3 nitrogen and oxygen atoms in total. The Morgan fingerprint density at radius 1 is 0.929 bits per heavy atom. The summed E-state index contributed by atoms with van der Waals surface area (Å²) >= 11 is 1.54. The lowest BCUT2D eigenvalue weighted by Crippen LogP contribution is -2.17. The van der Waals surface area contributed by atoms with Crippen LogP contribution >= 0.6 is 11.3 Å². The van der Waals surface area contributed by atoms with E-state index >= 15 is 0 Å². The molecule has 0 N–H and O–H groups in total. The van der Waals surface area contributed by atoms with Crippen molar-refractivity contribution in [3.05, 3.63) is 66.2 Å². The van der Waals surface area contributed by atoms with Gasteiger partial charge >= 0.3 is 6.36 Å². The van der Waals surface area contributed by atoms with E-state index in [0.717, 1.165) is 31.5 Å². The molecule has 0 aliphatic heterocycles. The Morgan fingerprint density at radius 3 is 2.21 bits per heavy atom. The van der Waals surface area contributed by atoms with Gasteiger partial charge in [-0.25, -0.2) is 0 Å². The summed E-state index contributed by atoms with van der Waals surface area (Å²) in [6.45, 7) is 0. The van der Waals surface area contributed by atoms with Gasteiger partial charge in [-0.15, -0.1) is 24.5 Å². The van der Waals surface area contributed by atoms with Crippen LogP contribution in [0.25, 0.3) is 20.2 Å². The van der Waals surface area contributed by atoms with Crippen LogP contribution in [0.5, 0.6) is 5.75 Å². The number of halogens is 3. The fourth-order valence-electron chi connectivity index (χ4n) is 3.17. The largest absolute Gasteiger partial charge is 0.573 e. The fourth-order valence-corrected chi connectivity index (χ4v) is 4.48. The zero-order valence-corrected chi connectivity index (χ0v) is 15.4. The fraction of sp³-hybridized carbons (Fsp3) is 0.0952. The molecule has 1 heterocycles. The van der Waals surface area contributed by atoms with E-state index < -0.39 is 6.36 Å². The lowest BCUT2D eigenvalue weighted by Gasteiger charge is -2.20. The molecule has 4 rings (SSSR count). The third-order valence-corrected chi connectivity index (χ3v) is 5.72. The number of benzene rings is 3. The molecule has 0 saturated carbocycles. The minimum atomic E-state index is -4.71. The van der Waals surface area contributed by atoms with Crippen molar-refractivity contribution in [2.75, 3.05) is 11.9 Å². The van der Waals surface area contributed by atoms with Gasteiger partial charge in [-0.3, -0.25) is 0 Å². The highest BCUT2D eigenvalue weighted by Gasteiger charge is 2.31. The van der Waals surface area contributed by atoms with E-state index in [-0.39, 0.29) is 5.75 Å². The van der Waals surface area contributed by atoms with Gasteiger partial charge < -0.3 is 9.64 Å². The summed E-state index contributed by atoms with van der Waals surface area (Å²) in [4.78, 5) is 1.90. The monoisotopic (exact) mass is 398 g/mol. The smallest absolute Gasteiger partial charge is 0.406 e. The molecular formula is C21H13F3N2OS.